The lowest BCUT2D eigenvalue weighted by Crippen LogP contribution is -2.40. The van der Waals surface area contributed by atoms with Crippen molar-refractivity contribution >= 4 is 39.2 Å². The van der Waals surface area contributed by atoms with E-state index in [0.29, 0.717) is 29.5 Å². The first-order chi connectivity index (χ1) is 14.3. The van der Waals surface area contributed by atoms with Crippen LogP contribution in [0.1, 0.15) is 15.9 Å². The van der Waals surface area contributed by atoms with Gasteiger partial charge < -0.3 is 14.8 Å². The van der Waals surface area contributed by atoms with E-state index in [1.54, 1.807) is 31.2 Å². The van der Waals surface area contributed by atoms with E-state index in [2.05, 4.69) is 5.32 Å². The van der Waals surface area contributed by atoms with Gasteiger partial charge in [0, 0.05) is 23.8 Å². The predicted molar refractivity (Wildman–Crippen MR) is 111 cm³/mol. The van der Waals surface area contributed by atoms with Crippen LogP contribution in [0, 0.1) is 6.92 Å². The Labute approximate surface area is 179 Å². The number of nitrogens with one attached hydrogen (secondary N) is 1. The van der Waals surface area contributed by atoms with Gasteiger partial charge in [-0.2, -0.15) is 4.31 Å². The first-order valence-corrected chi connectivity index (χ1v) is 11.0. The summed E-state index contributed by atoms with van der Waals surface area (Å²) in [4.78, 5) is 24.4. The molecular formula is C20H21ClN2O6S. The number of hydrogen-bond acceptors (Lipinski definition) is 6. The molecule has 1 amide bonds. The quantitative estimate of drug-likeness (QED) is 0.675. The molecule has 1 aliphatic rings. The van der Waals surface area contributed by atoms with E-state index in [1.165, 1.54) is 22.5 Å². The Kier molecular flexibility index (Phi) is 7.09. The summed E-state index contributed by atoms with van der Waals surface area (Å²) in [6.45, 7) is 2.29. The summed E-state index contributed by atoms with van der Waals surface area (Å²) < 4.78 is 37.4. The number of sulfonamides is 1. The van der Waals surface area contributed by atoms with Crippen LogP contribution in [0.25, 0.3) is 0 Å². The van der Waals surface area contributed by atoms with Gasteiger partial charge in [-0.05, 0) is 48.9 Å². The standard InChI is InChI=1S/C20H21ClN2O6S/c1-14-2-3-15(12-18(14)30(26,27)23-8-10-28-11-9-23)20(25)29-13-19(24)22-17-6-4-16(21)5-7-17/h2-7,12H,8-11,13H2,1H3,(H,22,24). The van der Waals surface area contributed by atoms with Crippen molar-refractivity contribution in [3.05, 3.63) is 58.6 Å². The molecule has 0 atom stereocenters. The molecule has 0 aliphatic carbocycles. The Balaban J connectivity index is 1.67. The Morgan fingerprint density at radius 2 is 1.80 bits per heavy atom. The number of ether oxygens (including phenoxy) is 2. The van der Waals surface area contributed by atoms with Gasteiger partial charge in [0.15, 0.2) is 6.61 Å². The summed E-state index contributed by atoms with van der Waals surface area (Å²) in [5, 5.41) is 3.10. The van der Waals surface area contributed by atoms with Gasteiger partial charge >= 0.3 is 5.97 Å². The Morgan fingerprint density at radius 1 is 1.13 bits per heavy atom. The van der Waals surface area contributed by atoms with E-state index in [0.717, 1.165) is 0 Å². The van der Waals surface area contributed by atoms with E-state index in [1.807, 2.05) is 0 Å². The number of esters is 1. The minimum Gasteiger partial charge on any atom is -0.452 e. The molecule has 1 aliphatic heterocycles. The van der Waals surface area contributed by atoms with Crippen molar-refractivity contribution in [1.82, 2.24) is 4.31 Å². The summed E-state index contributed by atoms with van der Waals surface area (Å²) >= 11 is 5.79. The number of carbonyl (C=O) groups is 2. The average Bonchev–Trinajstić information content (AvgIpc) is 2.74. The fourth-order valence-corrected chi connectivity index (χ4v) is 4.66. The van der Waals surface area contributed by atoms with Gasteiger partial charge in [-0.25, -0.2) is 13.2 Å². The van der Waals surface area contributed by atoms with Crippen LogP contribution < -0.4 is 5.32 Å². The number of benzene rings is 2. The SMILES string of the molecule is Cc1ccc(C(=O)OCC(=O)Nc2ccc(Cl)cc2)cc1S(=O)(=O)N1CCOCC1. The maximum Gasteiger partial charge on any atom is 0.338 e. The van der Waals surface area contributed by atoms with Gasteiger partial charge in [-0.15, -0.1) is 0 Å². The molecule has 0 spiro atoms. The summed E-state index contributed by atoms with van der Waals surface area (Å²) in [5.41, 5.74) is 1.07. The third-order valence-corrected chi connectivity index (χ3v) is 6.77. The van der Waals surface area contributed by atoms with Crippen LogP contribution in [-0.4, -0.2) is 57.5 Å². The van der Waals surface area contributed by atoms with Crippen LogP contribution in [0.3, 0.4) is 0 Å². The predicted octanol–water partition coefficient (Wildman–Crippen LogP) is 2.46. The van der Waals surface area contributed by atoms with Gasteiger partial charge in [-0.3, -0.25) is 4.79 Å². The second kappa shape index (κ2) is 9.57. The summed E-state index contributed by atoms with van der Waals surface area (Å²) in [6, 6.07) is 10.7. The fraction of sp³-hybridized carbons (Fsp3) is 0.300. The van der Waals surface area contributed by atoms with Crippen molar-refractivity contribution in [2.75, 3.05) is 38.2 Å². The zero-order chi connectivity index (χ0) is 21.7. The number of aryl methyl sites for hydroxylation is 1. The molecule has 0 unspecified atom stereocenters. The highest BCUT2D eigenvalue weighted by molar-refractivity contribution is 7.89. The number of anilines is 1. The van der Waals surface area contributed by atoms with Crippen LogP contribution in [0.2, 0.25) is 5.02 Å². The molecule has 160 valence electrons. The Morgan fingerprint density at radius 3 is 2.47 bits per heavy atom. The highest BCUT2D eigenvalue weighted by Crippen LogP contribution is 2.23. The van der Waals surface area contributed by atoms with Crippen molar-refractivity contribution in [1.29, 1.82) is 0 Å². The van der Waals surface area contributed by atoms with Gasteiger partial charge in [0.1, 0.15) is 0 Å². The molecule has 2 aromatic rings. The third-order valence-electron chi connectivity index (χ3n) is 4.47. The highest BCUT2D eigenvalue weighted by atomic mass is 35.5. The molecule has 3 rings (SSSR count). The third kappa shape index (κ3) is 5.37. The van der Waals surface area contributed by atoms with Crippen molar-refractivity contribution < 1.29 is 27.5 Å². The van der Waals surface area contributed by atoms with Gasteiger partial charge in [-0.1, -0.05) is 17.7 Å². The van der Waals surface area contributed by atoms with Crippen LogP contribution in [-0.2, 0) is 24.3 Å². The number of morpholine rings is 1. The Hall–Kier alpha value is -2.46. The number of hydrogen-bond donors (Lipinski definition) is 1. The number of rotatable bonds is 6. The molecule has 1 fully saturated rings. The Bertz CT molecular complexity index is 1030. The topological polar surface area (TPSA) is 102 Å². The van der Waals surface area contributed by atoms with Crippen molar-refractivity contribution in [2.24, 2.45) is 0 Å². The molecule has 0 aromatic heterocycles. The first-order valence-electron chi connectivity index (χ1n) is 9.18. The molecule has 1 N–H and O–H groups in total. The van der Waals surface area contributed by atoms with Crippen molar-refractivity contribution in [3.63, 3.8) is 0 Å². The lowest BCUT2D eigenvalue weighted by Gasteiger charge is -2.26. The molecule has 30 heavy (non-hydrogen) atoms. The van der Waals surface area contributed by atoms with E-state index in [9.17, 15) is 18.0 Å². The zero-order valence-electron chi connectivity index (χ0n) is 16.3. The van der Waals surface area contributed by atoms with Crippen LogP contribution in [0.15, 0.2) is 47.4 Å². The lowest BCUT2D eigenvalue weighted by molar-refractivity contribution is -0.119. The van der Waals surface area contributed by atoms with Crippen LogP contribution in [0.5, 0.6) is 0 Å². The highest BCUT2D eigenvalue weighted by Gasteiger charge is 2.28. The van der Waals surface area contributed by atoms with E-state index in [-0.39, 0.29) is 23.5 Å². The van der Waals surface area contributed by atoms with E-state index < -0.39 is 28.5 Å². The maximum absolute atomic E-state index is 12.9. The molecular weight excluding hydrogens is 432 g/mol. The second-order valence-corrected chi connectivity index (χ2v) is 8.97. The molecule has 1 heterocycles. The van der Waals surface area contributed by atoms with E-state index >= 15 is 0 Å². The fourth-order valence-electron chi connectivity index (χ4n) is 2.88. The molecule has 0 bridgehead atoms. The number of nitrogens with zero attached hydrogens (tertiary/aromatic N) is 1. The summed E-state index contributed by atoms with van der Waals surface area (Å²) in [7, 11) is -3.77. The first kappa shape index (κ1) is 22.2. The smallest absolute Gasteiger partial charge is 0.338 e. The molecule has 10 heteroatoms. The molecule has 0 saturated carbocycles. The van der Waals surface area contributed by atoms with Crippen LogP contribution >= 0.6 is 11.6 Å². The number of carbonyl (C=O) groups excluding carboxylic acids is 2. The second-order valence-electron chi connectivity index (χ2n) is 6.63. The largest absolute Gasteiger partial charge is 0.452 e. The monoisotopic (exact) mass is 452 g/mol. The maximum atomic E-state index is 12.9. The van der Waals surface area contributed by atoms with Gasteiger partial charge in [0.05, 0.1) is 23.7 Å². The number of halogens is 1. The molecule has 0 radical (unpaired) electrons. The molecule has 2 aromatic carbocycles. The zero-order valence-corrected chi connectivity index (χ0v) is 17.8. The number of amides is 1. The van der Waals surface area contributed by atoms with Gasteiger partial charge in [0.25, 0.3) is 5.91 Å². The normalized spacial score (nSPS) is 14.9. The van der Waals surface area contributed by atoms with Crippen molar-refractivity contribution in [3.8, 4) is 0 Å². The van der Waals surface area contributed by atoms with Gasteiger partial charge in [0.2, 0.25) is 10.0 Å². The summed E-state index contributed by atoms with van der Waals surface area (Å²) in [6.07, 6.45) is 0. The van der Waals surface area contributed by atoms with Crippen molar-refractivity contribution in [2.45, 2.75) is 11.8 Å². The summed E-state index contributed by atoms with van der Waals surface area (Å²) in [5.74, 6) is -1.32. The lowest BCUT2D eigenvalue weighted by atomic mass is 10.1. The minimum absolute atomic E-state index is 0.0319. The van der Waals surface area contributed by atoms with E-state index in [4.69, 9.17) is 21.1 Å². The molecule has 1 saturated heterocycles. The minimum atomic E-state index is -3.77. The van der Waals surface area contributed by atoms with Crippen LogP contribution in [0.4, 0.5) is 5.69 Å². The molecule has 8 nitrogen and oxygen atoms in total. The average molecular weight is 453 g/mol.